The largest absolute Gasteiger partial charge is 0.394 e. The van der Waals surface area contributed by atoms with E-state index in [1.54, 1.807) is 13.8 Å². The summed E-state index contributed by atoms with van der Waals surface area (Å²) in [6.07, 6.45) is 1.73. The van der Waals surface area contributed by atoms with Crippen LogP contribution in [-0.4, -0.2) is 109 Å². The van der Waals surface area contributed by atoms with Gasteiger partial charge in [-0.05, 0) is 57.4 Å². The van der Waals surface area contributed by atoms with E-state index in [2.05, 4.69) is 37.2 Å². The third-order valence-corrected chi connectivity index (χ3v) is 6.97. The number of nitrogens with two attached hydrogens (primary N) is 4. The average Bonchev–Trinajstić information content (AvgIpc) is 3.00. The molecule has 0 aromatic carbocycles. The van der Waals surface area contributed by atoms with Crippen LogP contribution in [0.2, 0.25) is 0 Å². The Labute approximate surface area is 280 Å². The SMILES string of the molecule is CC(=O)NC(C(=O)N[C@@H](CO)C(=O)N[C@@H](CCCCN)C(=O)N[C@@H](CCCNC(=N)N)C(=O)N[C@@H](CCCNC(=N)N)C(N)=O)C(C)C. The Bertz CT molecular complexity index is 1110. The predicted molar refractivity (Wildman–Crippen MR) is 178 cm³/mol. The highest BCUT2D eigenvalue weighted by atomic mass is 16.3. The lowest BCUT2D eigenvalue weighted by atomic mass is 10.0. The van der Waals surface area contributed by atoms with Crippen molar-refractivity contribution >= 4 is 47.4 Å². The van der Waals surface area contributed by atoms with E-state index in [4.69, 9.17) is 33.8 Å². The fraction of sp³-hybridized carbons (Fsp3) is 0.714. The van der Waals surface area contributed by atoms with Crippen molar-refractivity contribution in [1.29, 1.82) is 10.8 Å². The van der Waals surface area contributed by atoms with Crippen LogP contribution in [0, 0.1) is 16.7 Å². The summed E-state index contributed by atoms with van der Waals surface area (Å²) in [5.74, 6) is -5.28. The van der Waals surface area contributed by atoms with Crippen LogP contribution in [0.1, 0.15) is 65.7 Å². The second-order valence-corrected chi connectivity index (χ2v) is 11.5. The number of unbranched alkanes of at least 4 members (excludes halogenated alkanes) is 1. The van der Waals surface area contributed by atoms with Crippen molar-refractivity contribution in [2.24, 2.45) is 28.9 Å². The van der Waals surface area contributed by atoms with Gasteiger partial charge in [-0.25, -0.2) is 0 Å². The van der Waals surface area contributed by atoms with Gasteiger partial charge in [0.15, 0.2) is 11.9 Å². The fourth-order valence-corrected chi connectivity index (χ4v) is 4.40. The van der Waals surface area contributed by atoms with Gasteiger partial charge in [0.25, 0.3) is 0 Å². The van der Waals surface area contributed by atoms with Gasteiger partial charge in [0.05, 0.1) is 6.61 Å². The molecule has 274 valence electrons. The lowest BCUT2D eigenvalue weighted by Gasteiger charge is -2.27. The molecule has 6 amide bonds. The minimum absolute atomic E-state index is 0.0355. The van der Waals surface area contributed by atoms with Crippen molar-refractivity contribution in [1.82, 2.24) is 37.2 Å². The minimum atomic E-state index is -1.47. The molecule has 0 bridgehead atoms. The van der Waals surface area contributed by atoms with E-state index in [1.165, 1.54) is 6.92 Å². The van der Waals surface area contributed by atoms with Gasteiger partial charge in [0.2, 0.25) is 35.4 Å². The Morgan fingerprint density at radius 3 is 1.44 bits per heavy atom. The van der Waals surface area contributed by atoms with Crippen molar-refractivity contribution in [2.45, 2.75) is 95.9 Å². The van der Waals surface area contributed by atoms with Crippen LogP contribution in [0.3, 0.4) is 0 Å². The molecule has 20 nitrogen and oxygen atoms in total. The smallest absolute Gasteiger partial charge is 0.245 e. The number of hydrogen-bond donors (Lipinski definition) is 14. The number of guanidine groups is 2. The molecule has 0 aliphatic carbocycles. The van der Waals surface area contributed by atoms with E-state index < -0.39 is 72.3 Å². The van der Waals surface area contributed by atoms with E-state index >= 15 is 0 Å². The van der Waals surface area contributed by atoms with Crippen molar-refractivity contribution in [2.75, 3.05) is 26.2 Å². The first kappa shape index (κ1) is 43.3. The molecule has 1 unspecified atom stereocenters. The van der Waals surface area contributed by atoms with Gasteiger partial charge in [-0.3, -0.25) is 39.6 Å². The molecule has 5 atom stereocenters. The van der Waals surface area contributed by atoms with E-state index in [0.717, 1.165) is 0 Å². The Hall–Kier alpha value is -4.72. The highest BCUT2D eigenvalue weighted by molar-refractivity contribution is 5.96. The molecular formula is C28H55N13O7. The summed E-state index contributed by atoms with van der Waals surface area (Å²) in [5.41, 5.74) is 21.7. The zero-order valence-corrected chi connectivity index (χ0v) is 27.9. The molecule has 0 aromatic heterocycles. The molecule has 48 heavy (non-hydrogen) atoms. The number of carbonyl (C=O) groups excluding carboxylic acids is 6. The lowest BCUT2D eigenvalue weighted by molar-refractivity contribution is -0.136. The molecule has 0 saturated heterocycles. The molecule has 0 fully saturated rings. The first-order valence-corrected chi connectivity index (χ1v) is 15.8. The first-order chi connectivity index (χ1) is 22.5. The normalized spacial score (nSPS) is 13.9. The van der Waals surface area contributed by atoms with Crippen molar-refractivity contribution in [3.8, 4) is 0 Å². The molecular weight excluding hydrogens is 630 g/mol. The summed E-state index contributed by atoms with van der Waals surface area (Å²) in [6.45, 7) is 4.54. The van der Waals surface area contributed by atoms with Gasteiger partial charge in [-0.1, -0.05) is 13.8 Å². The average molecular weight is 686 g/mol. The molecule has 0 saturated carbocycles. The number of aliphatic hydroxyl groups excluding tert-OH is 1. The third-order valence-electron chi connectivity index (χ3n) is 6.97. The zero-order valence-electron chi connectivity index (χ0n) is 27.9. The van der Waals surface area contributed by atoms with Crippen LogP contribution in [0.5, 0.6) is 0 Å². The van der Waals surface area contributed by atoms with E-state index in [0.29, 0.717) is 25.8 Å². The van der Waals surface area contributed by atoms with E-state index in [-0.39, 0.29) is 56.6 Å². The maximum atomic E-state index is 13.5. The van der Waals surface area contributed by atoms with Gasteiger partial charge in [-0.2, -0.15) is 0 Å². The number of amides is 6. The second kappa shape index (κ2) is 23.6. The molecule has 0 aliphatic heterocycles. The highest BCUT2D eigenvalue weighted by Crippen LogP contribution is 2.07. The maximum absolute atomic E-state index is 13.5. The topological polar surface area (TPSA) is 359 Å². The lowest BCUT2D eigenvalue weighted by Crippen LogP contribution is -2.60. The number of carbonyl (C=O) groups is 6. The molecule has 0 heterocycles. The number of hydrogen-bond acceptors (Lipinski definition) is 10. The minimum Gasteiger partial charge on any atom is -0.394 e. The quantitative estimate of drug-likeness (QED) is 0.0259. The molecule has 0 radical (unpaired) electrons. The number of rotatable bonds is 24. The summed E-state index contributed by atoms with van der Waals surface area (Å²) in [4.78, 5) is 76.5. The zero-order chi connectivity index (χ0) is 36.8. The van der Waals surface area contributed by atoms with Gasteiger partial charge >= 0.3 is 0 Å². The molecule has 0 rings (SSSR count). The predicted octanol–water partition coefficient (Wildman–Crippen LogP) is -4.78. The van der Waals surface area contributed by atoms with Gasteiger partial charge in [0, 0.05) is 20.0 Å². The van der Waals surface area contributed by atoms with Gasteiger partial charge < -0.3 is 65.3 Å². The Morgan fingerprint density at radius 2 is 1.04 bits per heavy atom. The van der Waals surface area contributed by atoms with Crippen molar-refractivity contribution in [3.05, 3.63) is 0 Å². The van der Waals surface area contributed by atoms with Crippen LogP contribution in [0.25, 0.3) is 0 Å². The number of nitrogens with one attached hydrogen (secondary N) is 9. The fourth-order valence-electron chi connectivity index (χ4n) is 4.40. The van der Waals surface area contributed by atoms with Crippen molar-refractivity contribution < 1.29 is 33.9 Å². The van der Waals surface area contributed by atoms with Crippen LogP contribution in [0.4, 0.5) is 0 Å². The monoisotopic (exact) mass is 685 g/mol. The molecule has 0 aromatic rings. The summed E-state index contributed by atoms with van der Waals surface area (Å²) in [7, 11) is 0. The number of aliphatic hydroxyl groups is 1. The van der Waals surface area contributed by atoms with Crippen molar-refractivity contribution in [3.63, 3.8) is 0 Å². The Kier molecular flexibility index (Phi) is 21.3. The van der Waals surface area contributed by atoms with Gasteiger partial charge in [0.1, 0.15) is 30.2 Å². The standard InChI is InChI=1S/C28H55N13O7/c1-15(2)21(37-16(3)43)26(48)41-20(14-42)25(47)40-18(8-4-5-11-29)24(46)39-19(10-7-13-36-28(33)34)23(45)38-17(22(30)44)9-6-12-35-27(31)32/h15,17-21,42H,4-14,29H2,1-3H3,(H2,30,44)(H,37,43)(H,38,45)(H,39,46)(H,40,47)(H,41,48)(H4,31,32,35)(H4,33,34,36)/t17-,18-,19-,20-,21?/m0/s1. The molecule has 20 heteroatoms. The van der Waals surface area contributed by atoms with Crippen LogP contribution < -0.4 is 60.2 Å². The molecule has 18 N–H and O–H groups in total. The van der Waals surface area contributed by atoms with Crippen LogP contribution in [0.15, 0.2) is 0 Å². The maximum Gasteiger partial charge on any atom is 0.245 e. The third kappa shape index (κ3) is 18.4. The highest BCUT2D eigenvalue weighted by Gasteiger charge is 2.32. The number of primary amides is 1. The van der Waals surface area contributed by atoms with Crippen LogP contribution >= 0.6 is 0 Å². The van der Waals surface area contributed by atoms with E-state index in [9.17, 15) is 33.9 Å². The second-order valence-electron chi connectivity index (χ2n) is 11.5. The molecule has 0 aliphatic rings. The Morgan fingerprint density at radius 1 is 0.625 bits per heavy atom. The summed E-state index contributed by atoms with van der Waals surface area (Å²) >= 11 is 0. The summed E-state index contributed by atoms with van der Waals surface area (Å²) in [6, 6.07) is -6.00. The van der Waals surface area contributed by atoms with Crippen LogP contribution in [-0.2, 0) is 28.8 Å². The van der Waals surface area contributed by atoms with E-state index in [1.807, 2.05) is 0 Å². The summed E-state index contributed by atoms with van der Waals surface area (Å²) in [5, 5.41) is 42.2. The Balaban J connectivity index is 5.94. The first-order valence-electron chi connectivity index (χ1n) is 15.8. The summed E-state index contributed by atoms with van der Waals surface area (Å²) < 4.78 is 0. The molecule has 0 spiro atoms. The van der Waals surface area contributed by atoms with Gasteiger partial charge in [-0.15, -0.1) is 0 Å².